The van der Waals surface area contributed by atoms with E-state index in [1.165, 1.54) is 19.3 Å². The van der Waals surface area contributed by atoms with Crippen molar-refractivity contribution in [3.63, 3.8) is 0 Å². The molecule has 1 saturated carbocycles. The van der Waals surface area contributed by atoms with Gasteiger partial charge in [-0.2, -0.15) is 0 Å². The van der Waals surface area contributed by atoms with Crippen LogP contribution in [0.1, 0.15) is 44.7 Å². The Bertz CT molecular complexity index is 461. The third kappa shape index (κ3) is 2.56. The van der Waals surface area contributed by atoms with Gasteiger partial charge in [0.15, 0.2) is 0 Å². The lowest BCUT2D eigenvalue weighted by molar-refractivity contribution is 0.418. The van der Waals surface area contributed by atoms with Gasteiger partial charge >= 0.3 is 0 Å². The molecule has 1 aromatic carbocycles. The predicted molar refractivity (Wildman–Crippen MR) is 80.6 cm³/mol. The van der Waals surface area contributed by atoms with Crippen molar-refractivity contribution in [2.24, 2.45) is 0 Å². The van der Waals surface area contributed by atoms with Gasteiger partial charge in [-0.05, 0) is 51.2 Å². The smallest absolute Gasteiger partial charge is 0.0174 e. The minimum atomic E-state index is 0.225. The van der Waals surface area contributed by atoms with Gasteiger partial charge in [-0.25, -0.2) is 0 Å². The molecule has 2 nitrogen and oxygen atoms in total. The van der Waals surface area contributed by atoms with Crippen molar-refractivity contribution in [1.82, 2.24) is 10.6 Å². The first-order chi connectivity index (χ1) is 9.01. The van der Waals surface area contributed by atoms with Gasteiger partial charge in [0, 0.05) is 30.1 Å². The van der Waals surface area contributed by atoms with Crippen molar-refractivity contribution in [2.45, 2.75) is 57.0 Å². The van der Waals surface area contributed by atoms with Crippen LogP contribution in [0.25, 0.3) is 0 Å². The average Bonchev–Trinajstić information content (AvgIpc) is 2.93. The first-order valence-electron chi connectivity index (χ1n) is 7.58. The largest absolute Gasteiger partial charge is 0.312 e. The topological polar surface area (TPSA) is 24.1 Å². The van der Waals surface area contributed by atoms with E-state index in [2.05, 4.69) is 55.7 Å². The number of nitrogens with one attached hydrogen (secondary N) is 2. The number of fused-ring (bicyclic) bond motifs is 2. The van der Waals surface area contributed by atoms with Gasteiger partial charge in [0.25, 0.3) is 0 Å². The second kappa shape index (κ2) is 4.60. The fraction of sp³-hybridized carbons (Fsp3) is 0.647. The summed E-state index contributed by atoms with van der Waals surface area (Å²) in [4.78, 5) is 0. The number of hydrogen-bond donors (Lipinski definition) is 2. The van der Waals surface area contributed by atoms with Crippen LogP contribution in [-0.4, -0.2) is 24.7 Å². The monoisotopic (exact) mass is 258 g/mol. The minimum Gasteiger partial charge on any atom is -0.312 e. The molecule has 1 aromatic rings. The summed E-state index contributed by atoms with van der Waals surface area (Å²) in [6, 6.07) is 9.73. The molecule has 0 aliphatic heterocycles. The maximum absolute atomic E-state index is 3.74. The second-order valence-electron chi connectivity index (χ2n) is 7.20. The highest BCUT2D eigenvalue weighted by atomic mass is 15.0. The van der Waals surface area contributed by atoms with E-state index in [9.17, 15) is 0 Å². The molecule has 19 heavy (non-hydrogen) atoms. The quantitative estimate of drug-likeness (QED) is 0.811. The van der Waals surface area contributed by atoms with Crippen LogP contribution in [0.5, 0.6) is 0 Å². The SMILES string of the molecule is CC(C)(C)NCCNC1CC12CCc1ccccc12. The highest BCUT2D eigenvalue weighted by molar-refractivity contribution is 5.46. The highest BCUT2D eigenvalue weighted by Gasteiger charge is 2.57. The Morgan fingerprint density at radius 2 is 2.00 bits per heavy atom. The van der Waals surface area contributed by atoms with E-state index in [4.69, 9.17) is 0 Å². The Labute approximate surface area is 117 Å². The Kier molecular flexibility index (Phi) is 3.18. The normalized spacial score (nSPS) is 28.7. The number of benzene rings is 1. The fourth-order valence-corrected chi connectivity index (χ4v) is 3.55. The summed E-state index contributed by atoms with van der Waals surface area (Å²) >= 11 is 0. The second-order valence-corrected chi connectivity index (χ2v) is 7.20. The molecule has 2 aliphatic carbocycles. The summed E-state index contributed by atoms with van der Waals surface area (Å²) in [7, 11) is 0. The lowest BCUT2D eigenvalue weighted by Crippen LogP contribution is -2.41. The van der Waals surface area contributed by atoms with Crippen LogP contribution < -0.4 is 10.6 Å². The molecule has 1 spiro atoms. The Hall–Kier alpha value is -0.860. The molecule has 0 saturated heterocycles. The molecule has 0 radical (unpaired) electrons. The summed E-state index contributed by atoms with van der Waals surface area (Å²) in [5, 5.41) is 7.28. The van der Waals surface area contributed by atoms with Crippen LogP contribution in [0.2, 0.25) is 0 Å². The zero-order chi connectivity index (χ0) is 13.5. The zero-order valence-corrected chi connectivity index (χ0v) is 12.4. The van der Waals surface area contributed by atoms with Crippen LogP contribution >= 0.6 is 0 Å². The van der Waals surface area contributed by atoms with Crippen molar-refractivity contribution in [2.75, 3.05) is 13.1 Å². The summed E-state index contributed by atoms with van der Waals surface area (Å²) in [5.41, 5.74) is 3.91. The first kappa shape index (κ1) is 13.1. The number of aryl methyl sites for hydroxylation is 1. The summed E-state index contributed by atoms with van der Waals surface area (Å²) in [6.07, 6.45) is 3.95. The van der Waals surface area contributed by atoms with Gasteiger partial charge in [0.05, 0.1) is 0 Å². The van der Waals surface area contributed by atoms with E-state index < -0.39 is 0 Å². The van der Waals surface area contributed by atoms with E-state index in [1.807, 2.05) is 0 Å². The lowest BCUT2D eigenvalue weighted by Gasteiger charge is -2.21. The van der Waals surface area contributed by atoms with E-state index >= 15 is 0 Å². The molecule has 104 valence electrons. The Morgan fingerprint density at radius 1 is 1.21 bits per heavy atom. The fourth-order valence-electron chi connectivity index (χ4n) is 3.55. The van der Waals surface area contributed by atoms with Crippen molar-refractivity contribution in [3.8, 4) is 0 Å². The van der Waals surface area contributed by atoms with Crippen molar-refractivity contribution < 1.29 is 0 Å². The average molecular weight is 258 g/mol. The summed E-state index contributed by atoms with van der Waals surface area (Å²) in [5.74, 6) is 0. The molecule has 0 amide bonds. The van der Waals surface area contributed by atoms with Crippen LogP contribution in [0.4, 0.5) is 0 Å². The van der Waals surface area contributed by atoms with Crippen LogP contribution in [0.3, 0.4) is 0 Å². The number of hydrogen-bond acceptors (Lipinski definition) is 2. The lowest BCUT2D eigenvalue weighted by atomic mass is 9.97. The molecule has 2 aliphatic rings. The third-order valence-corrected chi connectivity index (χ3v) is 4.64. The molecule has 1 fully saturated rings. The van der Waals surface area contributed by atoms with Crippen molar-refractivity contribution in [1.29, 1.82) is 0 Å². The minimum absolute atomic E-state index is 0.225. The molecule has 2 atom stereocenters. The Morgan fingerprint density at radius 3 is 2.79 bits per heavy atom. The highest BCUT2D eigenvalue weighted by Crippen LogP contribution is 2.56. The molecule has 3 rings (SSSR count). The maximum atomic E-state index is 3.74. The van der Waals surface area contributed by atoms with Gasteiger partial charge in [-0.1, -0.05) is 24.3 Å². The van der Waals surface area contributed by atoms with Crippen LogP contribution in [0, 0.1) is 0 Å². The molecule has 0 aromatic heterocycles. The molecule has 2 unspecified atom stereocenters. The zero-order valence-electron chi connectivity index (χ0n) is 12.4. The van der Waals surface area contributed by atoms with Crippen molar-refractivity contribution >= 4 is 0 Å². The van der Waals surface area contributed by atoms with Crippen molar-refractivity contribution in [3.05, 3.63) is 35.4 Å². The standard InChI is InChI=1S/C17H26N2/c1-16(2,3)19-11-10-18-15-12-17(15)9-8-13-6-4-5-7-14(13)17/h4-7,15,18-19H,8-12H2,1-3H3. The van der Waals surface area contributed by atoms with Gasteiger partial charge in [0.1, 0.15) is 0 Å². The predicted octanol–water partition coefficient (Wildman–Crippen LogP) is 2.62. The number of rotatable bonds is 4. The van der Waals surface area contributed by atoms with Crippen LogP contribution in [0.15, 0.2) is 24.3 Å². The summed E-state index contributed by atoms with van der Waals surface area (Å²) < 4.78 is 0. The molecule has 0 heterocycles. The van der Waals surface area contributed by atoms with E-state index in [1.54, 1.807) is 11.1 Å². The van der Waals surface area contributed by atoms with Gasteiger partial charge < -0.3 is 10.6 Å². The van der Waals surface area contributed by atoms with E-state index in [-0.39, 0.29) is 5.54 Å². The molecule has 0 bridgehead atoms. The molecular formula is C17H26N2. The molecule has 2 N–H and O–H groups in total. The van der Waals surface area contributed by atoms with E-state index in [0.717, 1.165) is 13.1 Å². The molecular weight excluding hydrogens is 232 g/mol. The first-order valence-corrected chi connectivity index (χ1v) is 7.58. The third-order valence-electron chi connectivity index (χ3n) is 4.64. The van der Waals surface area contributed by atoms with Crippen LogP contribution in [-0.2, 0) is 11.8 Å². The van der Waals surface area contributed by atoms with Gasteiger partial charge in [-0.15, -0.1) is 0 Å². The Balaban J connectivity index is 1.52. The van der Waals surface area contributed by atoms with Gasteiger partial charge in [-0.3, -0.25) is 0 Å². The van der Waals surface area contributed by atoms with Gasteiger partial charge in [0.2, 0.25) is 0 Å². The van der Waals surface area contributed by atoms with E-state index in [0.29, 0.717) is 11.5 Å². The summed E-state index contributed by atoms with van der Waals surface area (Å²) in [6.45, 7) is 8.79. The maximum Gasteiger partial charge on any atom is 0.0174 e. The molecule has 2 heteroatoms.